The number of aromatic nitrogens is 1. The number of pyridine rings is 1. The fraction of sp³-hybridized carbons (Fsp3) is 0.500. The Morgan fingerprint density at radius 2 is 2.25 bits per heavy atom. The highest BCUT2D eigenvalue weighted by Crippen LogP contribution is 2.17. The van der Waals surface area contributed by atoms with Crippen molar-refractivity contribution in [3.63, 3.8) is 0 Å². The van der Waals surface area contributed by atoms with Gasteiger partial charge in [0.25, 0.3) is 0 Å². The van der Waals surface area contributed by atoms with Crippen molar-refractivity contribution in [3.8, 4) is 5.88 Å². The summed E-state index contributed by atoms with van der Waals surface area (Å²) in [7, 11) is 1.54. The van der Waals surface area contributed by atoms with Crippen molar-refractivity contribution < 1.29 is 14.6 Å². The lowest BCUT2D eigenvalue weighted by Gasteiger charge is -2.11. The van der Waals surface area contributed by atoms with Crippen LogP contribution >= 0.6 is 0 Å². The normalized spacial score (nSPS) is 12.2. The molecule has 1 rings (SSSR count). The molecule has 1 atom stereocenters. The highest BCUT2D eigenvalue weighted by atomic mass is 16.5. The minimum Gasteiger partial charge on any atom is -0.481 e. The molecule has 0 aliphatic carbocycles. The molecule has 0 radical (unpaired) electrons. The number of carbonyl (C=O) groups excluding carboxylic acids is 1. The van der Waals surface area contributed by atoms with E-state index in [9.17, 15) is 4.79 Å². The van der Waals surface area contributed by atoms with Crippen molar-refractivity contribution in [3.05, 3.63) is 23.4 Å². The second-order valence-electron chi connectivity index (χ2n) is 3.76. The van der Waals surface area contributed by atoms with Gasteiger partial charge >= 0.3 is 0 Å². The molecule has 0 fully saturated rings. The van der Waals surface area contributed by atoms with E-state index in [1.807, 2.05) is 6.92 Å². The van der Waals surface area contributed by atoms with Gasteiger partial charge in [0, 0.05) is 24.2 Å². The largest absolute Gasteiger partial charge is 0.481 e. The summed E-state index contributed by atoms with van der Waals surface area (Å²) in [5.74, 6) is 0.337. The lowest BCUT2D eigenvalue weighted by molar-refractivity contribution is 0.0907. The number of carbonyl (C=O) groups is 1. The van der Waals surface area contributed by atoms with Crippen LogP contribution in [0.1, 0.15) is 29.4 Å². The molecule has 1 unspecified atom stereocenters. The first-order valence-electron chi connectivity index (χ1n) is 5.26. The lowest BCUT2D eigenvalue weighted by atomic mass is 9.96. The smallest absolute Gasteiger partial charge is 0.213 e. The van der Waals surface area contributed by atoms with E-state index in [4.69, 9.17) is 9.84 Å². The summed E-state index contributed by atoms with van der Waals surface area (Å²) < 4.78 is 4.98. The summed E-state index contributed by atoms with van der Waals surface area (Å²) in [6.45, 7) is 3.61. The number of aryl methyl sites for hydroxylation is 1. The number of Topliss-reactive ketones (excluding diaryl/α,β-unsaturated/α-hetero) is 1. The molecule has 0 aliphatic rings. The third kappa shape index (κ3) is 2.79. The molecule has 0 saturated heterocycles. The van der Waals surface area contributed by atoms with Crippen LogP contribution in [-0.4, -0.2) is 29.6 Å². The number of nitrogens with zero attached hydrogens (tertiary/aromatic N) is 1. The first-order valence-corrected chi connectivity index (χ1v) is 5.26. The number of hydrogen-bond acceptors (Lipinski definition) is 4. The first kappa shape index (κ1) is 12.6. The van der Waals surface area contributed by atoms with Gasteiger partial charge in [0.05, 0.1) is 12.8 Å². The van der Waals surface area contributed by atoms with Gasteiger partial charge in [-0.25, -0.2) is 4.98 Å². The molecule has 16 heavy (non-hydrogen) atoms. The highest BCUT2D eigenvalue weighted by molar-refractivity contribution is 5.98. The molecule has 0 aliphatic heterocycles. The van der Waals surface area contributed by atoms with E-state index < -0.39 is 0 Å². The molecule has 1 heterocycles. The van der Waals surface area contributed by atoms with Crippen LogP contribution < -0.4 is 4.74 Å². The third-order valence-corrected chi connectivity index (χ3v) is 2.54. The predicted molar refractivity (Wildman–Crippen MR) is 60.7 cm³/mol. The molecule has 0 aromatic carbocycles. The Morgan fingerprint density at radius 1 is 1.56 bits per heavy atom. The van der Waals surface area contributed by atoms with Crippen LogP contribution in [0.4, 0.5) is 0 Å². The van der Waals surface area contributed by atoms with E-state index in [-0.39, 0.29) is 18.3 Å². The van der Waals surface area contributed by atoms with Gasteiger partial charge in [0.1, 0.15) is 0 Å². The molecular formula is C12H17NO3. The number of ketones is 1. The molecule has 0 amide bonds. The summed E-state index contributed by atoms with van der Waals surface area (Å²) in [5, 5.41) is 8.80. The van der Waals surface area contributed by atoms with E-state index in [0.717, 1.165) is 0 Å². The van der Waals surface area contributed by atoms with Gasteiger partial charge in [-0.2, -0.15) is 0 Å². The fourth-order valence-corrected chi connectivity index (χ4v) is 1.50. The van der Waals surface area contributed by atoms with Crippen molar-refractivity contribution in [1.29, 1.82) is 0 Å². The van der Waals surface area contributed by atoms with Gasteiger partial charge < -0.3 is 9.84 Å². The summed E-state index contributed by atoms with van der Waals surface area (Å²) in [6, 6.07) is 3.39. The molecular weight excluding hydrogens is 206 g/mol. The monoisotopic (exact) mass is 223 g/mol. The summed E-state index contributed by atoms with van der Waals surface area (Å²) in [6.07, 6.45) is 0.476. The quantitative estimate of drug-likeness (QED) is 0.770. The Kier molecular flexibility index (Phi) is 4.43. The van der Waals surface area contributed by atoms with Crippen molar-refractivity contribution in [2.75, 3.05) is 13.7 Å². The summed E-state index contributed by atoms with van der Waals surface area (Å²) in [4.78, 5) is 16.1. The first-order chi connectivity index (χ1) is 7.60. The standard InChI is InChI=1S/C12H17NO3/c1-8(6-7-14)12(15)10-4-5-11(16-3)13-9(10)2/h4-5,8,14H,6-7H2,1-3H3. The van der Waals surface area contributed by atoms with Crippen LogP contribution in [-0.2, 0) is 0 Å². The zero-order valence-corrected chi connectivity index (χ0v) is 9.86. The number of ether oxygens (including phenoxy) is 1. The highest BCUT2D eigenvalue weighted by Gasteiger charge is 2.17. The van der Waals surface area contributed by atoms with Crippen LogP contribution in [0.25, 0.3) is 0 Å². The van der Waals surface area contributed by atoms with Gasteiger partial charge in [-0.3, -0.25) is 4.79 Å². The Balaban J connectivity index is 2.91. The lowest BCUT2D eigenvalue weighted by Crippen LogP contribution is -2.14. The predicted octanol–water partition coefficient (Wildman–Crippen LogP) is 1.60. The van der Waals surface area contributed by atoms with E-state index >= 15 is 0 Å². The second kappa shape index (κ2) is 5.61. The average molecular weight is 223 g/mol. The van der Waals surface area contributed by atoms with E-state index in [0.29, 0.717) is 23.6 Å². The SMILES string of the molecule is COc1ccc(C(=O)C(C)CCO)c(C)n1. The van der Waals surface area contributed by atoms with Gasteiger partial charge in [-0.05, 0) is 19.4 Å². The van der Waals surface area contributed by atoms with E-state index in [1.165, 1.54) is 7.11 Å². The number of rotatable bonds is 5. The summed E-state index contributed by atoms with van der Waals surface area (Å²) >= 11 is 0. The molecule has 4 nitrogen and oxygen atoms in total. The maximum atomic E-state index is 12.0. The molecule has 4 heteroatoms. The zero-order chi connectivity index (χ0) is 12.1. The van der Waals surface area contributed by atoms with Gasteiger partial charge in [0.2, 0.25) is 5.88 Å². The Morgan fingerprint density at radius 3 is 2.75 bits per heavy atom. The van der Waals surface area contributed by atoms with Crippen molar-refractivity contribution >= 4 is 5.78 Å². The summed E-state index contributed by atoms with van der Waals surface area (Å²) in [5.41, 5.74) is 1.26. The van der Waals surface area contributed by atoms with Crippen molar-refractivity contribution in [1.82, 2.24) is 4.98 Å². The van der Waals surface area contributed by atoms with Gasteiger partial charge in [0.15, 0.2) is 5.78 Å². The molecule has 0 saturated carbocycles. The minimum atomic E-state index is -0.182. The molecule has 1 aromatic rings. The van der Waals surface area contributed by atoms with Crippen LogP contribution in [0.5, 0.6) is 5.88 Å². The van der Waals surface area contributed by atoms with E-state index in [1.54, 1.807) is 19.1 Å². The third-order valence-electron chi connectivity index (χ3n) is 2.54. The minimum absolute atomic E-state index is 0.0155. The van der Waals surface area contributed by atoms with Crippen LogP contribution in [0.3, 0.4) is 0 Å². The number of aliphatic hydroxyl groups excluding tert-OH is 1. The molecule has 0 bridgehead atoms. The number of methoxy groups -OCH3 is 1. The van der Waals surface area contributed by atoms with Crippen LogP contribution in [0, 0.1) is 12.8 Å². The molecule has 1 aromatic heterocycles. The maximum absolute atomic E-state index is 12.0. The average Bonchev–Trinajstić information content (AvgIpc) is 2.28. The van der Waals surface area contributed by atoms with Crippen molar-refractivity contribution in [2.45, 2.75) is 20.3 Å². The molecule has 1 N–H and O–H groups in total. The topological polar surface area (TPSA) is 59.4 Å². The number of aliphatic hydroxyl groups is 1. The molecule has 0 spiro atoms. The zero-order valence-electron chi connectivity index (χ0n) is 9.86. The fourth-order valence-electron chi connectivity index (χ4n) is 1.50. The maximum Gasteiger partial charge on any atom is 0.213 e. The van der Waals surface area contributed by atoms with Gasteiger partial charge in [-0.15, -0.1) is 0 Å². The Bertz CT molecular complexity index is 377. The van der Waals surface area contributed by atoms with Gasteiger partial charge in [-0.1, -0.05) is 6.92 Å². The molecule has 88 valence electrons. The second-order valence-corrected chi connectivity index (χ2v) is 3.76. The van der Waals surface area contributed by atoms with Crippen LogP contribution in [0.2, 0.25) is 0 Å². The van der Waals surface area contributed by atoms with Crippen LogP contribution in [0.15, 0.2) is 12.1 Å². The van der Waals surface area contributed by atoms with E-state index in [2.05, 4.69) is 4.98 Å². The Labute approximate surface area is 95.3 Å². The Hall–Kier alpha value is -1.42. The van der Waals surface area contributed by atoms with Crippen molar-refractivity contribution in [2.24, 2.45) is 5.92 Å². The number of hydrogen-bond donors (Lipinski definition) is 1.